The summed E-state index contributed by atoms with van der Waals surface area (Å²) in [6.07, 6.45) is 0. The second kappa shape index (κ2) is 3.92. The van der Waals surface area contributed by atoms with Crippen molar-refractivity contribution in [1.82, 2.24) is 0 Å². The van der Waals surface area contributed by atoms with E-state index in [1.807, 2.05) is 0 Å². The fourth-order valence-corrected chi connectivity index (χ4v) is 1.13. The fourth-order valence-electron chi connectivity index (χ4n) is 0.894. The Morgan fingerprint density at radius 3 is 2.77 bits per heavy atom. The number of hydrogen-bond acceptors (Lipinski definition) is 1. The topological polar surface area (TPSA) is 41.7 Å². The van der Waals surface area contributed by atoms with E-state index >= 15 is 0 Å². The van der Waals surface area contributed by atoms with Gasteiger partial charge in [0.25, 0.3) is 0 Å². The van der Waals surface area contributed by atoms with E-state index in [-0.39, 0.29) is 12.1 Å². The van der Waals surface area contributed by atoms with Gasteiger partial charge >= 0.3 is 5.97 Å². The van der Waals surface area contributed by atoms with Crippen LogP contribution in [-0.2, 0) is 6.54 Å². The Morgan fingerprint density at radius 2 is 2.31 bits per heavy atom. The summed E-state index contributed by atoms with van der Waals surface area (Å²) in [6, 6.07) is 4.35. The lowest BCUT2D eigenvalue weighted by atomic mass is 10.1. The molecule has 0 saturated heterocycles. The Kier molecular flexibility index (Phi) is 2.88. The van der Waals surface area contributed by atoms with Crippen LogP contribution in [0.4, 0.5) is 0 Å². The Labute approximate surface area is 80.4 Å². The minimum atomic E-state index is -1.02. The SMILES string of the molecule is [C-]#[N+]Cc1ccc(C(=O)O)cc1Cl. The molecule has 0 aliphatic carbocycles. The molecule has 0 aliphatic rings. The van der Waals surface area contributed by atoms with Gasteiger partial charge < -0.3 is 9.95 Å². The van der Waals surface area contributed by atoms with Gasteiger partial charge in [0.15, 0.2) is 0 Å². The maximum Gasteiger partial charge on any atom is 0.335 e. The predicted molar refractivity (Wildman–Crippen MR) is 48.7 cm³/mol. The third kappa shape index (κ3) is 2.20. The first kappa shape index (κ1) is 9.56. The molecule has 0 heterocycles. The zero-order valence-electron chi connectivity index (χ0n) is 6.62. The number of rotatable bonds is 2. The number of nitrogens with zero attached hydrogens (tertiary/aromatic N) is 1. The monoisotopic (exact) mass is 195 g/mol. The van der Waals surface area contributed by atoms with E-state index in [4.69, 9.17) is 23.3 Å². The van der Waals surface area contributed by atoms with Crippen molar-refractivity contribution < 1.29 is 9.90 Å². The van der Waals surface area contributed by atoms with Crippen LogP contribution >= 0.6 is 11.6 Å². The fraction of sp³-hybridized carbons (Fsp3) is 0.111. The van der Waals surface area contributed by atoms with Gasteiger partial charge in [0, 0.05) is 5.56 Å². The molecule has 1 rings (SSSR count). The summed E-state index contributed by atoms with van der Waals surface area (Å²) >= 11 is 5.75. The highest BCUT2D eigenvalue weighted by Crippen LogP contribution is 2.18. The minimum absolute atomic E-state index is 0.138. The van der Waals surface area contributed by atoms with Crippen LogP contribution in [0.2, 0.25) is 5.02 Å². The molecule has 0 aliphatic heterocycles. The number of hydrogen-bond donors (Lipinski definition) is 1. The second-order valence-electron chi connectivity index (χ2n) is 2.43. The molecule has 1 aromatic rings. The van der Waals surface area contributed by atoms with Crippen LogP contribution in [0.3, 0.4) is 0 Å². The Morgan fingerprint density at radius 1 is 1.62 bits per heavy atom. The van der Waals surface area contributed by atoms with Gasteiger partial charge in [-0.3, -0.25) is 0 Å². The lowest BCUT2D eigenvalue weighted by Gasteiger charge is -1.98. The molecule has 4 heteroatoms. The first-order chi connectivity index (χ1) is 6.15. The van der Waals surface area contributed by atoms with E-state index < -0.39 is 5.97 Å². The van der Waals surface area contributed by atoms with E-state index in [1.54, 1.807) is 6.07 Å². The van der Waals surface area contributed by atoms with Crippen molar-refractivity contribution in [3.63, 3.8) is 0 Å². The summed E-state index contributed by atoms with van der Waals surface area (Å²) in [7, 11) is 0. The summed E-state index contributed by atoms with van der Waals surface area (Å²) in [4.78, 5) is 13.7. The molecule has 0 unspecified atom stereocenters. The lowest BCUT2D eigenvalue weighted by molar-refractivity contribution is 0.0697. The van der Waals surface area contributed by atoms with E-state index in [9.17, 15) is 4.79 Å². The van der Waals surface area contributed by atoms with E-state index in [1.165, 1.54) is 12.1 Å². The number of halogens is 1. The van der Waals surface area contributed by atoms with Gasteiger partial charge in [-0.1, -0.05) is 11.6 Å². The number of carboxylic acid groups (broad SMARTS) is 1. The molecule has 0 atom stereocenters. The Bertz CT molecular complexity index is 382. The molecule has 0 spiro atoms. The maximum atomic E-state index is 10.5. The standard InChI is InChI=1S/C9H6ClNO2/c1-11-5-7-3-2-6(9(12)13)4-8(7)10/h2-4H,5H2,(H,12,13). The van der Waals surface area contributed by atoms with Gasteiger partial charge in [-0.2, -0.15) is 0 Å². The molecule has 3 nitrogen and oxygen atoms in total. The van der Waals surface area contributed by atoms with Crippen LogP contribution in [0.15, 0.2) is 18.2 Å². The highest BCUT2D eigenvalue weighted by atomic mass is 35.5. The maximum absolute atomic E-state index is 10.5. The summed E-state index contributed by atoms with van der Waals surface area (Å²) in [5, 5.41) is 8.94. The van der Waals surface area contributed by atoms with Gasteiger partial charge in [-0.05, 0) is 18.2 Å². The van der Waals surface area contributed by atoms with E-state index in [0.29, 0.717) is 10.6 Å². The number of carboxylic acids is 1. The molecule has 1 aromatic carbocycles. The highest BCUT2D eigenvalue weighted by molar-refractivity contribution is 6.31. The Balaban J connectivity index is 3.07. The van der Waals surface area contributed by atoms with Gasteiger partial charge in [0.2, 0.25) is 6.54 Å². The van der Waals surface area contributed by atoms with Crippen LogP contribution in [0.25, 0.3) is 4.85 Å². The Hall–Kier alpha value is -1.53. The summed E-state index contributed by atoms with van der Waals surface area (Å²) < 4.78 is 0. The summed E-state index contributed by atoms with van der Waals surface area (Å²) in [6.45, 7) is 6.80. The van der Waals surface area contributed by atoms with Crippen molar-refractivity contribution in [3.8, 4) is 0 Å². The second-order valence-corrected chi connectivity index (χ2v) is 2.83. The van der Waals surface area contributed by atoms with E-state index in [0.717, 1.165) is 0 Å². The van der Waals surface area contributed by atoms with Crippen LogP contribution in [0, 0.1) is 6.57 Å². The van der Waals surface area contributed by atoms with Gasteiger partial charge in [-0.25, -0.2) is 11.4 Å². The number of aromatic carboxylic acids is 1. The van der Waals surface area contributed by atoms with Gasteiger partial charge in [0.05, 0.1) is 10.6 Å². The zero-order chi connectivity index (χ0) is 9.84. The van der Waals surface area contributed by atoms with Crippen LogP contribution in [-0.4, -0.2) is 11.1 Å². The minimum Gasteiger partial charge on any atom is -0.478 e. The van der Waals surface area contributed by atoms with Crippen molar-refractivity contribution >= 4 is 17.6 Å². The van der Waals surface area contributed by atoms with Crippen molar-refractivity contribution in [2.75, 3.05) is 0 Å². The largest absolute Gasteiger partial charge is 0.478 e. The third-order valence-electron chi connectivity index (χ3n) is 1.55. The van der Waals surface area contributed by atoms with E-state index in [2.05, 4.69) is 4.85 Å². The molecule has 0 fully saturated rings. The van der Waals surface area contributed by atoms with Crippen molar-refractivity contribution in [3.05, 3.63) is 45.8 Å². The zero-order valence-corrected chi connectivity index (χ0v) is 7.38. The van der Waals surface area contributed by atoms with Crippen molar-refractivity contribution in [2.24, 2.45) is 0 Å². The van der Waals surface area contributed by atoms with Crippen molar-refractivity contribution in [2.45, 2.75) is 6.54 Å². The van der Waals surface area contributed by atoms with Crippen LogP contribution in [0.1, 0.15) is 15.9 Å². The molecular weight excluding hydrogens is 190 g/mol. The number of carbonyl (C=O) groups is 1. The first-order valence-corrected chi connectivity index (χ1v) is 3.88. The van der Waals surface area contributed by atoms with Crippen LogP contribution < -0.4 is 0 Å². The molecule has 0 bridgehead atoms. The average Bonchev–Trinajstić information content (AvgIpc) is 2.08. The average molecular weight is 196 g/mol. The molecule has 0 amide bonds. The number of benzene rings is 1. The van der Waals surface area contributed by atoms with Gasteiger partial charge in [0.1, 0.15) is 0 Å². The molecule has 1 N–H and O–H groups in total. The normalized spacial score (nSPS) is 9.23. The third-order valence-corrected chi connectivity index (χ3v) is 1.90. The highest BCUT2D eigenvalue weighted by Gasteiger charge is 2.07. The predicted octanol–water partition coefficient (Wildman–Crippen LogP) is 2.46. The van der Waals surface area contributed by atoms with Crippen molar-refractivity contribution in [1.29, 1.82) is 0 Å². The summed E-state index contributed by atoms with van der Waals surface area (Å²) in [5.74, 6) is -1.02. The smallest absolute Gasteiger partial charge is 0.335 e. The molecule has 13 heavy (non-hydrogen) atoms. The lowest BCUT2D eigenvalue weighted by Crippen LogP contribution is -1.96. The molecule has 66 valence electrons. The molecule has 0 radical (unpaired) electrons. The van der Waals surface area contributed by atoms with Crippen LogP contribution in [0.5, 0.6) is 0 Å². The molecule has 0 aromatic heterocycles. The molecular formula is C9H6ClNO2. The summed E-state index contributed by atoms with van der Waals surface area (Å²) in [5.41, 5.74) is 0.792. The molecule has 0 saturated carbocycles. The van der Waals surface area contributed by atoms with Gasteiger partial charge in [-0.15, -0.1) is 0 Å². The first-order valence-electron chi connectivity index (χ1n) is 3.50. The quantitative estimate of drug-likeness (QED) is 0.737.